The lowest BCUT2D eigenvalue weighted by atomic mass is 10.1. The summed E-state index contributed by atoms with van der Waals surface area (Å²) < 4.78 is 17.1. The second-order valence-electron chi connectivity index (χ2n) is 6.21. The van der Waals surface area contributed by atoms with Gasteiger partial charge < -0.3 is 24.7 Å². The predicted octanol–water partition coefficient (Wildman–Crippen LogP) is 2.76. The third kappa shape index (κ3) is 4.22. The third-order valence-corrected chi connectivity index (χ3v) is 4.25. The maximum Gasteiger partial charge on any atom is 0.254 e. The van der Waals surface area contributed by atoms with Crippen LogP contribution < -0.4 is 20.8 Å². The summed E-state index contributed by atoms with van der Waals surface area (Å²) in [6.07, 6.45) is 1.54. The van der Waals surface area contributed by atoms with Crippen LogP contribution in [0.15, 0.2) is 39.9 Å². The molecule has 0 spiro atoms. The average Bonchev–Trinajstić information content (AvgIpc) is 2.70. The van der Waals surface area contributed by atoms with Gasteiger partial charge in [-0.05, 0) is 39.0 Å². The number of hydrogen-bond donors (Lipinski definition) is 2. The summed E-state index contributed by atoms with van der Waals surface area (Å²) in [7, 11) is 0. The van der Waals surface area contributed by atoms with Crippen LogP contribution in [-0.2, 0) is 6.61 Å². The average molecular weight is 397 g/mol. The van der Waals surface area contributed by atoms with E-state index in [2.05, 4.69) is 9.98 Å². The zero-order chi connectivity index (χ0) is 21.0. The predicted molar refractivity (Wildman–Crippen MR) is 107 cm³/mol. The number of pyridine rings is 1. The minimum atomic E-state index is -0.702. The number of carbonyl (C=O) groups is 1. The Labute approximate surface area is 167 Å². The first kappa shape index (κ1) is 20.3. The summed E-state index contributed by atoms with van der Waals surface area (Å²) in [4.78, 5) is 20.8. The quantitative estimate of drug-likeness (QED) is 0.632. The topological polar surface area (TPSA) is 120 Å². The molecule has 1 aromatic carbocycles. The van der Waals surface area contributed by atoms with E-state index in [1.807, 2.05) is 13.8 Å². The second-order valence-corrected chi connectivity index (χ2v) is 6.21. The summed E-state index contributed by atoms with van der Waals surface area (Å²) in [5.74, 6) is 0.420. The van der Waals surface area contributed by atoms with Gasteiger partial charge >= 0.3 is 0 Å². The summed E-state index contributed by atoms with van der Waals surface area (Å²) in [5, 5.41) is 10.1. The summed E-state index contributed by atoms with van der Waals surface area (Å²) in [5.41, 5.74) is 7.66. The zero-order valence-corrected chi connectivity index (χ0v) is 16.6. The van der Waals surface area contributed by atoms with E-state index >= 15 is 0 Å². The molecule has 0 saturated heterocycles. The lowest BCUT2D eigenvalue weighted by molar-refractivity contribution is 0.0996. The van der Waals surface area contributed by atoms with E-state index in [1.165, 1.54) is 6.20 Å². The molecule has 3 rings (SSSR count). The number of ether oxygens (including phenoxy) is 2. The molecule has 0 aliphatic rings. The Hall–Kier alpha value is -3.39. The van der Waals surface area contributed by atoms with Crippen LogP contribution in [0.25, 0.3) is 11.0 Å². The van der Waals surface area contributed by atoms with Gasteiger partial charge in [0.15, 0.2) is 5.58 Å². The zero-order valence-electron chi connectivity index (χ0n) is 16.6. The first-order chi connectivity index (χ1) is 14.0. The van der Waals surface area contributed by atoms with Crippen LogP contribution in [0.4, 0.5) is 5.69 Å². The maximum absolute atomic E-state index is 12.1. The molecule has 0 bridgehead atoms. The standard InChI is InChI=1S/C21H23N3O5/c1-4-27-14-6-7-18(28-5-2)17(8-14)24-21-16(20(22)26)9-15-13(11-25)10-23-12(3)19(15)29-21/h6-10,25H,4-5,11H2,1-3H3,(H2,22,26). The van der Waals surface area contributed by atoms with Crippen molar-refractivity contribution in [3.8, 4) is 11.5 Å². The number of primary amides is 1. The molecule has 8 nitrogen and oxygen atoms in total. The number of fused-ring (bicyclic) bond motifs is 1. The number of rotatable bonds is 7. The number of nitrogens with two attached hydrogens (primary N) is 1. The Morgan fingerprint density at radius 3 is 2.66 bits per heavy atom. The molecule has 2 aromatic heterocycles. The van der Waals surface area contributed by atoms with Crippen LogP contribution in [-0.4, -0.2) is 29.2 Å². The van der Waals surface area contributed by atoms with Gasteiger partial charge in [0.05, 0.1) is 25.5 Å². The number of aliphatic hydroxyl groups is 1. The Bertz CT molecular complexity index is 1120. The molecule has 3 N–H and O–H groups in total. The number of aromatic nitrogens is 1. The van der Waals surface area contributed by atoms with E-state index < -0.39 is 5.91 Å². The van der Waals surface area contributed by atoms with Crippen molar-refractivity contribution in [1.29, 1.82) is 0 Å². The molecule has 0 fully saturated rings. The van der Waals surface area contributed by atoms with Gasteiger partial charge in [0, 0.05) is 23.2 Å². The Morgan fingerprint density at radius 1 is 1.24 bits per heavy atom. The van der Waals surface area contributed by atoms with Crippen LogP contribution in [0, 0.1) is 6.92 Å². The molecule has 0 saturated carbocycles. The Balaban J connectivity index is 2.32. The van der Waals surface area contributed by atoms with Crippen molar-refractivity contribution in [2.24, 2.45) is 10.7 Å². The highest BCUT2D eigenvalue weighted by molar-refractivity contribution is 5.96. The molecule has 2 heterocycles. The molecule has 152 valence electrons. The largest absolute Gasteiger partial charge is 0.494 e. The van der Waals surface area contributed by atoms with E-state index in [9.17, 15) is 9.90 Å². The molecular weight excluding hydrogens is 374 g/mol. The fraction of sp³-hybridized carbons (Fsp3) is 0.286. The number of aryl methyl sites for hydroxylation is 1. The molecule has 0 atom stereocenters. The SMILES string of the molecule is CCOc1ccc(OCC)c(N=c2oc3c(C)ncc(CO)c3cc2C(N)=O)c1. The van der Waals surface area contributed by atoms with Crippen LogP contribution in [0.5, 0.6) is 11.5 Å². The molecule has 0 unspecified atom stereocenters. The molecule has 1 amide bonds. The number of nitrogens with zero attached hydrogens (tertiary/aromatic N) is 2. The first-order valence-electron chi connectivity index (χ1n) is 9.25. The minimum absolute atomic E-state index is 0.0274. The summed E-state index contributed by atoms with van der Waals surface area (Å²) >= 11 is 0. The monoisotopic (exact) mass is 397 g/mol. The fourth-order valence-corrected chi connectivity index (χ4v) is 2.90. The van der Waals surface area contributed by atoms with E-state index in [1.54, 1.807) is 31.2 Å². The van der Waals surface area contributed by atoms with Gasteiger partial charge in [-0.3, -0.25) is 9.78 Å². The van der Waals surface area contributed by atoms with Crippen molar-refractivity contribution in [3.63, 3.8) is 0 Å². The molecule has 3 aromatic rings. The highest BCUT2D eigenvalue weighted by atomic mass is 16.5. The molecule has 8 heteroatoms. The van der Waals surface area contributed by atoms with E-state index in [0.29, 0.717) is 52.6 Å². The van der Waals surface area contributed by atoms with Gasteiger partial charge in [0.2, 0.25) is 5.55 Å². The van der Waals surface area contributed by atoms with E-state index in [4.69, 9.17) is 19.6 Å². The number of aliphatic hydroxyl groups excluding tert-OH is 1. The normalized spacial score (nSPS) is 11.7. The van der Waals surface area contributed by atoms with Gasteiger partial charge in [-0.15, -0.1) is 0 Å². The molecule has 0 aliphatic carbocycles. The third-order valence-electron chi connectivity index (χ3n) is 4.25. The number of hydrogen-bond acceptors (Lipinski definition) is 7. The Morgan fingerprint density at radius 2 is 2.00 bits per heavy atom. The lowest BCUT2D eigenvalue weighted by Gasteiger charge is -2.10. The number of amides is 1. The van der Waals surface area contributed by atoms with Crippen LogP contribution in [0.2, 0.25) is 0 Å². The Kier molecular flexibility index (Phi) is 6.13. The lowest BCUT2D eigenvalue weighted by Crippen LogP contribution is -2.22. The maximum atomic E-state index is 12.1. The van der Waals surface area contributed by atoms with Crippen molar-refractivity contribution in [1.82, 2.24) is 4.98 Å². The number of benzene rings is 1. The smallest absolute Gasteiger partial charge is 0.254 e. The van der Waals surface area contributed by atoms with Crippen LogP contribution in [0.1, 0.15) is 35.5 Å². The first-order valence-corrected chi connectivity index (χ1v) is 9.25. The molecule has 0 aliphatic heterocycles. The van der Waals surface area contributed by atoms with Crippen molar-refractivity contribution >= 4 is 22.6 Å². The van der Waals surface area contributed by atoms with Gasteiger partial charge in [-0.2, -0.15) is 0 Å². The molecular formula is C21H23N3O5. The van der Waals surface area contributed by atoms with E-state index in [0.717, 1.165) is 0 Å². The van der Waals surface area contributed by atoms with Gasteiger partial charge in [-0.25, -0.2) is 4.99 Å². The highest BCUT2D eigenvalue weighted by Gasteiger charge is 2.15. The van der Waals surface area contributed by atoms with Crippen molar-refractivity contribution in [2.45, 2.75) is 27.4 Å². The molecule has 29 heavy (non-hydrogen) atoms. The van der Waals surface area contributed by atoms with Crippen molar-refractivity contribution < 1.29 is 23.8 Å². The highest BCUT2D eigenvalue weighted by Crippen LogP contribution is 2.32. The van der Waals surface area contributed by atoms with Crippen molar-refractivity contribution in [3.05, 3.63) is 52.8 Å². The fourth-order valence-electron chi connectivity index (χ4n) is 2.90. The van der Waals surface area contributed by atoms with Gasteiger partial charge in [0.25, 0.3) is 5.91 Å². The van der Waals surface area contributed by atoms with Crippen molar-refractivity contribution in [2.75, 3.05) is 13.2 Å². The minimum Gasteiger partial charge on any atom is -0.494 e. The number of carbonyl (C=O) groups excluding carboxylic acids is 1. The van der Waals surface area contributed by atoms with Crippen LogP contribution >= 0.6 is 0 Å². The second kappa shape index (κ2) is 8.74. The summed E-state index contributed by atoms with van der Waals surface area (Å²) in [6.45, 7) is 6.19. The van der Waals surface area contributed by atoms with Crippen LogP contribution in [0.3, 0.4) is 0 Å². The van der Waals surface area contributed by atoms with Gasteiger partial charge in [-0.1, -0.05) is 0 Å². The van der Waals surface area contributed by atoms with E-state index in [-0.39, 0.29) is 17.7 Å². The molecule has 0 radical (unpaired) electrons. The van der Waals surface area contributed by atoms with Gasteiger partial charge in [0.1, 0.15) is 22.7 Å². The summed E-state index contributed by atoms with van der Waals surface area (Å²) in [6, 6.07) is 6.79.